The monoisotopic (exact) mass is 283 g/mol. The molecule has 0 radical (unpaired) electrons. The fourth-order valence-electron chi connectivity index (χ4n) is 2.15. The van der Waals surface area contributed by atoms with Crippen LogP contribution in [0.3, 0.4) is 0 Å². The van der Waals surface area contributed by atoms with Crippen LogP contribution in [-0.2, 0) is 0 Å². The Kier molecular flexibility index (Phi) is 4.26. The molecule has 0 bridgehead atoms. The second kappa shape index (κ2) is 5.92. The maximum atomic E-state index is 13.2. The molecule has 2 N–H and O–H groups in total. The highest BCUT2D eigenvalue weighted by Crippen LogP contribution is 2.22. The molecule has 102 valence electrons. The summed E-state index contributed by atoms with van der Waals surface area (Å²) < 4.78 is 13.2. The molecule has 0 spiro atoms. The number of nitrogens with zero attached hydrogens (tertiary/aromatic N) is 1. The Bertz CT molecular complexity index is 504. The zero-order chi connectivity index (χ0) is 13.8. The molecule has 0 unspecified atom stereocenters. The van der Waals surface area contributed by atoms with E-state index in [1.54, 1.807) is 0 Å². The molecule has 1 aromatic rings. The van der Waals surface area contributed by atoms with Crippen LogP contribution in [0, 0.1) is 15.9 Å². The molecule has 0 aromatic heterocycles. The van der Waals surface area contributed by atoms with Crippen molar-refractivity contribution in [3.05, 3.63) is 34.1 Å². The van der Waals surface area contributed by atoms with E-state index >= 15 is 0 Å². The summed E-state index contributed by atoms with van der Waals surface area (Å²) in [5.41, 5.74) is -0.155. The van der Waals surface area contributed by atoms with Crippen LogP contribution >= 0.6 is 12.2 Å². The van der Waals surface area contributed by atoms with Crippen LogP contribution in [0.1, 0.15) is 25.7 Å². The molecule has 1 aliphatic carbocycles. The lowest BCUT2D eigenvalue weighted by Crippen LogP contribution is -2.35. The first-order chi connectivity index (χ1) is 9.06. The Morgan fingerprint density at radius 3 is 2.74 bits per heavy atom. The summed E-state index contributed by atoms with van der Waals surface area (Å²) in [6.07, 6.45) is 4.52. The topological polar surface area (TPSA) is 67.2 Å². The fraction of sp³-hybridized carbons (Fsp3) is 0.417. The van der Waals surface area contributed by atoms with Crippen molar-refractivity contribution in [2.24, 2.45) is 0 Å². The fourth-order valence-corrected chi connectivity index (χ4v) is 2.44. The van der Waals surface area contributed by atoms with Crippen LogP contribution in [0.5, 0.6) is 0 Å². The third-order valence-electron chi connectivity index (χ3n) is 3.09. The molecule has 0 amide bonds. The number of benzene rings is 1. The van der Waals surface area contributed by atoms with Crippen molar-refractivity contribution < 1.29 is 9.31 Å². The van der Waals surface area contributed by atoms with Gasteiger partial charge < -0.3 is 10.6 Å². The van der Waals surface area contributed by atoms with Gasteiger partial charge in [0.15, 0.2) is 5.11 Å². The summed E-state index contributed by atoms with van der Waals surface area (Å²) in [6.45, 7) is 0. The molecule has 1 fully saturated rings. The number of rotatable bonds is 3. The van der Waals surface area contributed by atoms with E-state index < -0.39 is 16.4 Å². The second-order valence-corrected chi connectivity index (χ2v) is 4.91. The molecule has 0 atom stereocenters. The van der Waals surface area contributed by atoms with Gasteiger partial charge >= 0.3 is 5.69 Å². The van der Waals surface area contributed by atoms with Gasteiger partial charge in [0.25, 0.3) is 0 Å². The van der Waals surface area contributed by atoms with E-state index in [-0.39, 0.29) is 0 Å². The first kappa shape index (κ1) is 13.7. The average molecular weight is 283 g/mol. The highest BCUT2D eigenvalue weighted by atomic mass is 32.1. The van der Waals surface area contributed by atoms with Crippen molar-refractivity contribution in [2.45, 2.75) is 31.7 Å². The molecular formula is C12H14FN3O2S. The number of nitro groups is 1. The van der Waals surface area contributed by atoms with Gasteiger partial charge in [0.2, 0.25) is 5.82 Å². The van der Waals surface area contributed by atoms with Crippen LogP contribution < -0.4 is 10.6 Å². The number of thiocarbonyl (C=S) groups is 1. The summed E-state index contributed by atoms with van der Waals surface area (Å²) in [5.74, 6) is -0.856. The summed E-state index contributed by atoms with van der Waals surface area (Å²) in [6, 6.07) is 3.97. The predicted molar refractivity (Wildman–Crippen MR) is 74.7 cm³/mol. The van der Waals surface area contributed by atoms with E-state index in [2.05, 4.69) is 10.6 Å². The third kappa shape index (κ3) is 3.60. The van der Waals surface area contributed by atoms with Crippen molar-refractivity contribution in [3.8, 4) is 0 Å². The molecule has 2 rings (SSSR count). The lowest BCUT2D eigenvalue weighted by Gasteiger charge is -2.15. The zero-order valence-corrected chi connectivity index (χ0v) is 11.0. The lowest BCUT2D eigenvalue weighted by molar-refractivity contribution is -0.387. The van der Waals surface area contributed by atoms with Gasteiger partial charge in [0, 0.05) is 17.8 Å². The minimum absolute atomic E-state index is 0.357. The standard InChI is InChI=1S/C12H14FN3O2S/c13-10-6-5-9(7-11(10)16(17)18)15-12(19)14-8-3-1-2-4-8/h5-8H,1-4H2,(H2,14,15,19). The number of nitro benzene ring substituents is 1. The van der Waals surface area contributed by atoms with E-state index in [1.165, 1.54) is 18.9 Å². The van der Waals surface area contributed by atoms with E-state index in [4.69, 9.17) is 12.2 Å². The van der Waals surface area contributed by atoms with Gasteiger partial charge in [-0.2, -0.15) is 4.39 Å². The Hall–Kier alpha value is -1.76. The van der Waals surface area contributed by atoms with Gasteiger partial charge in [0.05, 0.1) is 4.92 Å². The Morgan fingerprint density at radius 1 is 1.42 bits per heavy atom. The predicted octanol–water partition coefficient (Wildman–Crippen LogP) is 2.96. The van der Waals surface area contributed by atoms with Crippen molar-refractivity contribution in [1.82, 2.24) is 5.32 Å². The number of hydrogen-bond acceptors (Lipinski definition) is 3. The van der Waals surface area contributed by atoms with Gasteiger partial charge in [-0.05, 0) is 37.2 Å². The molecule has 7 heteroatoms. The third-order valence-corrected chi connectivity index (χ3v) is 3.31. The molecule has 19 heavy (non-hydrogen) atoms. The largest absolute Gasteiger partial charge is 0.360 e. The lowest BCUT2D eigenvalue weighted by atomic mass is 10.2. The molecule has 5 nitrogen and oxygen atoms in total. The summed E-state index contributed by atoms with van der Waals surface area (Å²) in [5, 5.41) is 17.0. The van der Waals surface area contributed by atoms with Crippen LogP contribution in [-0.4, -0.2) is 16.1 Å². The smallest absolute Gasteiger partial charge is 0.306 e. The first-order valence-electron chi connectivity index (χ1n) is 6.08. The Balaban J connectivity index is 2.00. The van der Waals surface area contributed by atoms with Gasteiger partial charge in [-0.1, -0.05) is 12.8 Å². The summed E-state index contributed by atoms with van der Waals surface area (Å²) in [4.78, 5) is 9.87. The SMILES string of the molecule is O=[N+]([O-])c1cc(NC(=S)NC2CCCC2)ccc1F. The number of halogens is 1. The van der Waals surface area contributed by atoms with Gasteiger partial charge in [-0.15, -0.1) is 0 Å². The maximum absolute atomic E-state index is 13.2. The van der Waals surface area contributed by atoms with Gasteiger partial charge in [0.1, 0.15) is 0 Å². The summed E-state index contributed by atoms with van der Waals surface area (Å²) in [7, 11) is 0. The minimum Gasteiger partial charge on any atom is -0.360 e. The zero-order valence-electron chi connectivity index (χ0n) is 10.2. The van der Waals surface area contributed by atoms with Crippen molar-refractivity contribution in [2.75, 3.05) is 5.32 Å². The van der Waals surface area contributed by atoms with Gasteiger partial charge in [-0.3, -0.25) is 10.1 Å². The second-order valence-electron chi connectivity index (χ2n) is 4.50. The summed E-state index contributed by atoms with van der Waals surface area (Å²) >= 11 is 5.13. The number of anilines is 1. The number of nitrogens with one attached hydrogen (secondary N) is 2. The molecule has 0 heterocycles. The molecule has 1 saturated carbocycles. The molecular weight excluding hydrogens is 269 g/mol. The minimum atomic E-state index is -0.856. The highest BCUT2D eigenvalue weighted by Gasteiger charge is 2.17. The van der Waals surface area contributed by atoms with Crippen LogP contribution in [0.25, 0.3) is 0 Å². The van der Waals surface area contributed by atoms with E-state index in [0.717, 1.165) is 25.0 Å². The molecule has 1 aromatic carbocycles. The van der Waals surface area contributed by atoms with E-state index in [9.17, 15) is 14.5 Å². The van der Waals surface area contributed by atoms with Crippen LogP contribution in [0.15, 0.2) is 18.2 Å². The van der Waals surface area contributed by atoms with Crippen molar-refractivity contribution in [3.63, 3.8) is 0 Å². The van der Waals surface area contributed by atoms with Crippen molar-refractivity contribution >= 4 is 28.7 Å². The average Bonchev–Trinajstić information content (AvgIpc) is 2.84. The van der Waals surface area contributed by atoms with Crippen molar-refractivity contribution in [1.29, 1.82) is 0 Å². The normalized spacial score (nSPS) is 15.2. The van der Waals surface area contributed by atoms with Gasteiger partial charge in [-0.25, -0.2) is 0 Å². The Labute approximate surface area is 115 Å². The van der Waals surface area contributed by atoms with Crippen LogP contribution in [0.2, 0.25) is 0 Å². The Morgan fingerprint density at radius 2 is 2.11 bits per heavy atom. The quantitative estimate of drug-likeness (QED) is 0.507. The highest BCUT2D eigenvalue weighted by molar-refractivity contribution is 7.80. The van der Waals surface area contributed by atoms with E-state index in [1.807, 2.05) is 0 Å². The number of hydrogen-bond donors (Lipinski definition) is 2. The maximum Gasteiger partial charge on any atom is 0.306 e. The molecule has 0 saturated heterocycles. The molecule has 1 aliphatic rings. The molecule has 0 aliphatic heterocycles. The van der Waals surface area contributed by atoms with E-state index in [0.29, 0.717) is 16.8 Å². The van der Waals surface area contributed by atoms with Crippen LogP contribution in [0.4, 0.5) is 15.8 Å². The first-order valence-corrected chi connectivity index (χ1v) is 6.48.